The van der Waals surface area contributed by atoms with Crippen molar-refractivity contribution in [2.75, 3.05) is 32.7 Å². The van der Waals surface area contributed by atoms with E-state index in [4.69, 9.17) is 0 Å². The van der Waals surface area contributed by atoms with E-state index in [1.54, 1.807) is 23.5 Å². The molecule has 0 saturated carbocycles. The summed E-state index contributed by atoms with van der Waals surface area (Å²) in [5.41, 5.74) is 0.940. The minimum atomic E-state index is -0.255. The van der Waals surface area contributed by atoms with Gasteiger partial charge in [0.15, 0.2) is 0 Å². The summed E-state index contributed by atoms with van der Waals surface area (Å²) in [7, 11) is 0. The zero-order chi connectivity index (χ0) is 19.1. The monoisotopic (exact) mass is 389 g/mol. The molecular weight excluding hydrogens is 361 g/mol. The predicted octanol–water partition coefficient (Wildman–Crippen LogP) is 3.41. The van der Waals surface area contributed by atoms with Crippen LogP contribution in [0.3, 0.4) is 0 Å². The van der Waals surface area contributed by atoms with Crippen molar-refractivity contribution in [3.8, 4) is 0 Å². The maximum absolute atomic E-state index is 13.2. The highest BCUT2D eigenvalue weighted by Crippen LogP contribution is 2.19. The number of carbonyl (C=O) groups excluding carboxylic acids is 1. The number of amides is 1. The maximum atomic E-state index is 13.2. The lowest BCUT2D eigenvalue weighted by atomic mass is 10.2. The Morgan fingerprint density at radius 1 is 1.15 bits per heavy atom. The van der Waals surface area contributed by atoms with Crippen LogP contribution in [0.5, 0.6) is 0 Å². The molecule has 0 atom stereocenters. The Hall–Kier alpha value is -1.76. The third-order valence-electron chi connectivity index (χ3n) is 4.86. The Morgan fingerprint density at radius 3 is 2.56 bits per heavy atom. The van der Waals surface area contributed by atoms with Gasteiger partial charge in [-0.3, -0.25) is 4.79 Å². The van der Waals surface area contributed by atoms with E-state index in [2.05, 4.69) is 29.3 Å². The van der Waals surface area contributed by atoms with Gasteiger partial charge in [-0.25, -0.2) is 4.39 Å². The number of hydrogen-bond donors (Lipinski definition) is 1. The Balaban J connectivity index is 1.55. The van der Waals surface area contributed by atoms with Crippen LogP contribution >= 0.6 is 11.3 Å². The summed E-state index contributed by atoms with van der Waals surface area (Å²) in [5, 5.41) is 3.29. The SMILES string of the molecule is Cc1ccc(CN(Cc2ccc(F)cc2)C(=O)CNCCN2CCCC2)s1. The number of hydrogen-bond acceptors (Lipinski definition) is 4. The molecule has 0 unspecified atom stereocenters. The van der Waals surface area contributed by atoms with Crippen molar-refractivity contribution in [2.45, 2.75) is 32.9 Å². The average molecular weight is 390 g/mol. The highest BCUT2D eigenvalue weighted by molar-refractivity contribution is 7.11. The highest BCUT2D eigenvalue weighted by Gasteiger charge is 2.16. The van der Waals surface area contributed by atoms with Crippen LogP contribution in [0.2, 0.25) is 0 Å². The van der Waals surface area contributed by atoms with Gasteiger partial charge in [0.1, 0.15) is 5.82 Å². The highest BCUT2D eigenvalue weighted by atomic mass is 32.1. The van der Waals surface area contributed by atoms with Crippen LogP contribution in [0, 0.1) is 12.7 Å². The molecule has 2 heterocycles. The first-order valence-corrected chi connectivity index (χ1v) is 10.4. The lowest BCUT2D eigenvalue weighted by molar-refractivity contribution is -0.131. The van der Waals surface area contributed by atoms with Gasteiger partial charge < -0.3 is 15.1 Å². The van der Waals surface area contributed by atoms with E-state index in [0.717, 1.165) is 18.7 Å². The molecule has 1 aliphatic heterocycles. The van der Waals surface area contributed by atoms with Gasteiger partial charge >= 0.3 is 0 Å². The number of nitrogens with one attached hydrogen (secondary N) is 1. The molecule has 1 saturated heterocycles. The van der Waals surface area contributed by atoms with Crippen molar-refractivity contribution in [1.29, 1.82) is 0 Å². The van der Waals surface area contributed by atoms with Gasteiger partial charge in [-0.15, -0.1) is 11.3 Å². The molecule has 2 aromatic rings. The van der Waals surface area contributed by atoms with Crippen molar-refractivity contribution in [1.82, 2.24) is 15.1 Å². The number of carbonyl (C=O) groups is 1. The van der Waals surface area contributed by atoms with Crippen LogP contribution in [0.4, 0.5) is 4.39 Å². The van der Waals surface area contributed by atoms with Crippen LogP contribution in [0.25, 0.3) is 0 Å². The van der Waals surface area contributed by atoms with Crippen LogP contribution in [0.15, 0.2) is 36.4 Å². The number of halogens is 1. The fourth-order valence-corrected chi connectivity index (χ4v) is 4.26. The zero-order valence-corrected chi connectivity index (χ0v) is 16.7. The number of thiophene rings is 1. The predicted molar refractivity (Wildman–Crippen MR) is 108 cm³/mol. The van der Waals surface area contributed by atoms with Crippen molar-refractivity contribution in [3.05, 3.63) is 57.5 Å². The lowest BCUT2D eigenvalue weighted by Gasteiger charge is -2.23. The van der Waals surface area contributed by atoms with Crippen LogP contribution in [0.1, 0.15) is 28.2 Å². The first-order chi connectivity index (χ1) is 13.1. The minimum Gasteiger partial charge on any atom is -0.332 e. The molecule has 146 valence electrons. The van der Waals surface area contributed by atoms with Gasteiger partial charge in [-0.2, -0.15) is 0 Å². The molecule has 1 amide bonds. The topological polar surface area (TPSA) is 35.6 Å². The molecule has 27 heavy (non-hydrogen) atoms. The van der Waals surface area contributed by atoms with Gasteiger partial charge in [-0.1, -0.05) is 12.1 Å². The van der Waals surface area contributed by atoms with Crippen LogP contribution in [-0.2, 0) is 17.9 Å². The fourth-order valence-electron chi connectivity index (χ4n) is 3.35. The molecule has 0 radical (unpaired) electrons. The molecule has 0 spiro atoms. The fraction of sp³-hybridized carbons (Fsp3) is 0.476. The van der Waals surface area contributed by atoms with E-state index in [9.17, 15) is 9.18 Å². The summed E-state index contributed by atoms with van der Waals surface area (Å²) >= 11 is 1.71. The molecule has 0 bridgehead atoms. The second-order valence-electron chi connectivity index (χ2n) is 7.11. The number of benzene rings is 1. The quantitative estimate of drug-likeness (QED) is 0.668. The van der Waals surface area contributed by atoms with Crippen molar-refractivity contribution in [2.24, 2.45) is 0 Å². The summed E-state index contributed by atoms with van der Waals surface area (Å²) in [6.45, 7) is 7.64. The zero-order valence-electron chi connectivity index (χ0n) is 15.9. The number of likely N-dealkylation sites (tertiary alicyclic amines) is 1. The molecule has 1 N–H and O–H groups in total. The van der Waals surface area contributed by atoms with E-state index < -0.39 is 0 Å². The largest absolute Gasteiger partial charge is 0.332 e. The Labute approximate surface area is 165 Å². The number of aryl methyl sites for hydroxylation is 1. The van der Waals surface area contributed by atoms with E-state index in [0.29, 0.717) is 19.6 Å². The van der Waals surface area contributed by atoms with Crippen LogP contribution in [-0.4, -0.2) is 48.4 Å². The molecule has 1 fully saturated rings. The third kappa shape index (κ3) is 6.41. The van der Waals surface area contributed by atoms with Crippen LogP contribution < -0.4 is 5.32 Å². The summed E-state index contributed by atoms with van der Waals surface area (Å²) in [5.74, 6) is -0.180. The van der Waals surface area contributed by atoms with E-state index >= 15 is 0 Å². The first-order valence-electron chi connectivity index (χ1n) is 9.61. The second kappa shape index (κ2) is 9.97. The van der Waals surface area contributed by atoms with Crippen molar-refractivity contribution < 1.29 is 9.18 Å². The molecular formula is C21H28FN3OS. The summed E-state index contributed by atoms with van der Waals surface area (Å²) in [6.07, 6.45) is 2.56. The van der Waals surface area contributed by atoms with E-state index in [1.165, 1.54) is 47.8 Å². The Kier molecular flexibility index (Phi) is 7.38. The molecule has 4 nitrogen and oxygen atoms in total. The molecule has 1 aromatic heterocycles. The smallest absolute Gasteiger partial charge is 0.237 e. The van der Waals surface area contributed by atoms with Gasteiger partial charge in [0.2, 0.25) is 5.91 Å². The lowest BCUT2D eigenvalue weighted by Crippen LogP contribution is -2.39. The third-order valence-corrected chi connectivity index (χ3v) is 5.85. The van der Waals surface area contributed by atoms with Gasteiger partial charge in [0.05, 0.1) is 13.1 Å². The number of nitrogens with zero attached hydrogens (tertiary/aromatic N) is 2. The summed E-state index contributed by atoms with van der Waals surface area (Å²) in [6, 6.07) is 10.5. The first kappa shape index (κ1) is 20.0. The second-order valence-corrected chi connectivity index (χ2v) is 8.49. The molecule has 3 rings (SSSR count). The van der Waals surface area contributed by atoms with Crippen molar-refractivity contribution >= 4 is 17.2 Å². The Bertz CT molecular complexity index is 725. The molecule has 1 aromatic carbocycles. The Morgan fingerprint density at radius 2 is 1.89 bits per heavy atom. The summed E-state index contributed by atoms with van der Waals surface area (Å²) in [4.78, 5) is 19.5. The van der Waals surface area contributed by atoms with Gasteiger partial charge in [-0.05, 0) is 62.7 Å². The molecule has 1 aliphatic rings. The van der Waals surface area contributed by atoms with Gasteiger partial charge in [0, 0.05) is 29.4 Å². The molecule has 0 aliphatic carbocycles. The standard InChI is InChI=1S/C21H28FN3OS/c1-17-4-9-20(27-17)16-25(15-18-5-7-19(22)8-6-18)21(26)14-23-10-13-24-11-2-3-12-24/h4-9,23H,2-3,10-16H2,1H3. The number of rotatable bonds is 9. The molecule has 6 heteroatoms. The van der Waals surface area contributed by atoms with Gasteiger partial charge in [0.25, 0.3) is 0 Å². The maximum Gasteiger partial charge on any atom is 0.237 e. The normalized spacial score (nSPS) is 14.6. The average Bonchev–Trinajstić information content (AvgIpc) is 3.31. The minimum absolute atomic E-state index is 0.0757. The van der Waals surface area contributed by atoms with E-state index in [1.807, 2.05) is 4.90 Å². The van der Waals surface area contributed by atoms with Crippen molar-refractivity contribution in [3.63, 3.8) is 0 Å². The van der Waals surface area contributed by atoms with E-state index in [-0.39, 0.29) is 11.7 Å². The summed E-state index contributed by atoms with van der Waals surface area (Å²) < 4.78 is 13.2.